The van der Waals surface area contributed by atoms with Crippen molar-refractivity contribution in [1.82, 2.24) is 0 Å². The van der Waals surface area contributed by atoms with Crippen molar-refractivity contribution in [3.63, 3.8) is 0 Å². The molecule has 67 heavy (non-hydrogen) atoms. The van der Waals surface area contributed by atoms with Gasteiger partial charge in [-0.05, 0) is 140 Å². The molecule has 0 saturated heterocycles. The normalized spacial score (nSPS) is 12.0. The standard InChI is InChI=1S/C64H54N2O/c1-63(2,3)49-29-25-44(26-30-49)56-22-14-16-24-60(56)66(52-35-31-50(32-36-52)64(4,5)6)54-34-28-46-40-58-57-39-45-27-33-53(37-47(45)41-61(57)67-62(58)42-48(46)38-54)65(51-19-11-8-12-20-51)59-23-15-13-21-55(59)43-17-9-7-10-18-43/h7-42H,1-6H3. The summed E-state index contributed by atoms with van der Waals surface area (Å²) in [6, 6.07) is 79.5. The van der Waals surface area contributed by atoms with Crippen LogP contribution in [0, 0.1) is 0 Å². The zero-order chi connectivity index (χ0) is 45.9. The molecule has 10 aromatic carbocycles. The van der Waals surface area contributed by atoms with Gasteiger partial charge < -0.3 is 14.2 Å². The lowest BCUT2D eigenvalue weighted by molar-refractivity contribution is 0.590. The average Bonchev–Trinajstić information content (AvgIpc) is 3.69. The number of rotatable bonds is 8. The van der Waals surface area contributed by atoms with Crippen molar-refractivity contribution in [2.24, 2.45) is 0 Å². The Balaban J connectivity index is 1.02. The number of para-hydroxylation sites is 3. The summed E-state index contributed by atoms with van der Waals surface area (Å²) in [4.78, 5) is 4.77. The van der Waals surface area contributed by atoms with Gasteiger partial charge in [-0.15, -0.1) is 0 Å². The SMILES string of the molecule is CC(C)(C)c1ccc(-c2ccccc2N(c2ccc(C(C)(C)C)cc2)c2ccc3cc4c(cc3c2)oc2cc3cc(N(c5ccccc5)c5ccccc5-c5ccccc5)ccc3cc24)cc1. The third kappa shape index (κ3) is 7.91. The van der Waals surface area contributed by atoms with Crippen molar-refractivity contribution in [3.05, 3.63) is 230 Å². The Morgan fingerprint density at radius 3 is 1.18 bits per heavy atom. The molecule has 0 fully saturated rings. The summed E-state index contributed by atoms with van der Waals surface area (Å²) >= 11 is 0. The summed E-state index contributed by atoms with van der Waals surface area (Å²) in [5.74, 6) is 0. The molecule has 326 valence electrons. The average molecular weight is 867 g/mol. The lowest BCUT2D eigenvalue weighted by atomic mass is 9.86. The van der Waals surface area contributed by atoms with Crippen molar-refractivity contribution in [2.75, 3.05) is 9.80 Å². The molecule has 1 heterocycles. The molecule has 3 heteroatoms. The van der Waals surface area contributed by atoms with Gasteiger partial charge in [0.2, 0.25) is 0 Å². The van der Waals surface area contributed by atoms with Crippen molar-refractivity contribution >= 4 is 77.6 Å². The first-order valence-corrected chi connectivity index (χ1v) is 23.4. The zero-order valence-corrected chi connectivity index (χ0v) is 39.1. The molecule has 0 aliphatic heterocycles. The van der Waals surface area contributed by atoms with Gasteiger partial charge in [-0.2, -0.15) is 0 Å². The number of furan rings is 1. The van der Waals surface area contributed by atoms with E-state index in [1.54, 1.807) is 0 Å². The first-order chi connectivity index (χ1) is 32.5. The van der Waals surface area contributed by atoms with E-state index >= 15 is 0 Å². The highest BCUT2D eigenvalue weighted by atomic mass is 16.3. The Labute approximate surface area is 394 Å². The van der Waals surface area contributed by atoms with Crippen molar-refractivity contribution in [1.29, 1.82) is 0 Å². The van der Waals surface area contributed by atoms with E-state index < -0.39 is 0 Å². The van der Waals surface area contributed by atoms with Crippen LogP contribution in [-0.4, -0.2) is 0 Å². The number of benzene rings is 10. The Kier molecular flexibility index (Phi) is 10.3. The third-order valence-electron chi connectivity index (χ3n) is 13.3. The second-order valence-corrected chi connectivity index (χ2v) is 19.9. The molecule has 0 aliphatic carbocycles. The van der Waals surface area contributed by atoms with E-state index in [1.165, 1.54) is 44.2 Å². The largest absolute Gasteiger partial charge is 0.456 e. The minimum Gasteiger partial charge on any atom is -0.456 e. The van der Waals surface area contributed by atoms with Crippen LogP contribution in [0.25, 0.3) is 65.7 Å². The van der Waals surface area contributed by atoms with Gasteiger partial charge in [0.15, 0.2) is 0 Å². The number of nitrogens with zero attached hydrogens (tertiary/aromatic N) is 2. The second-order valence-electron chi connectivity index (χ2n) is 19.9. The first-order valence-electron chi connectivity index (χ1n) is 23.4. The van der Waals surface area contributed by atoms with E-state index in [4.69, 9.17) is 4.42 Å². The fraction of sp³-hybridized carbons (Fsp3) is 0.125. The molecule has 0 N–H and O–H groups in total. The molecule has 1 aromatic heterocycles. The van der Waals surface area contributed by atoms with Crippen LogP contribution in [0.15, 0.2) is 223 Å². The molecule has 11 rings (SSSR count). The maximum Gasteiger partial charge on any atom is 0.136 e. The molecule has 11 aromatic rings. The maximum atomic E-state index is 6.81. The Morgan fingerprint density at radius 1 is 0.313 bits per heavy atom. The Morgan fingerprint density at radius 2 is 0.701 bits per heavy atom. The van der Waals surface area contributed by atoms with Gasteiger partial charge in [-0.25, -0.2) is 0 Å². The van der Waals surface area contributed by atoms with Crippen molar-refractivity contribution in [2.45, 2.75) is 52.4 Å². The number of anilines is 6. The van der Waals surface area contributed by atoms with Gasteiger partial charge >= 0.3 is 0 Å². The first kappa shape index (κ1) is 41.8. The van der Waals surface area contributed by atoms with E-state index in [2.05, 4.69) is 270 Å². The monoisotopic (exact) mass is 866 g/mol. The Bertz CT molecular complexity index is 3570. The van der Waals surface area contributed by atoms with Gasteiger partial charge in [0.05, 0.1) is 11.4 Å². The van der Waals surface area contributed by atoms with Crippen LogP contribution in [0.1, 0.15) is 52.7 Å². The zero-order valence-electron chi connectivity index (χ0n) is 39.1. The summed E-state index contributed by atoms with van der Waals surface area (Å²) in [7, 11) is 0. The van der Waals surface area contributed by atoms with Crippen LogP contribution in [0.3, 0.4) is 0 Å². The summed E-state index contributed by atoms with van der Waals surface area (Å²) in [5, 5.41) is 6.80. The predicted molar refractivity (Wildman–Crippen MR) is 286 cm³/mol. The fourth-order valence-corrected chi connectivity index (χ4v) is 9.65. The lowest BCUT2D eigenvalue weighted by Crippen LogP contribution is -2.14. The number of hydrogen-bond acceptors (Lipinski definition) is 3. The van der Waals surface area contributed by atoms with E-state index in [9.17, 15) is 0 Å². The predicted octanol–water partition coefficient (Wildman–Crippen LogP) is 18.8. The van der Waals surface area contributed by atoms with Crippen molar-refractivity contribution < 1.29 is 4.42 Å². The number of hydrogen-bond donors (Lipinski definition) is 0. The molecule has 0 saturated carbocycles. The van der Waals surface area contributed by atoms with Crippen LogP contribution in [0.5, 0.6) is 0 Å². The fourth-order valence-electron chi connectivity index (χ4n) is 9.65. The van der Waals surface area contributed by atoms with Gasteiger partial charge in [0.25, 0.3) is 0 Å². The van der Waals surface area contributed by atoms with Crippen LogP contribution in [0.2, 0.25) is 0 Å². The van der Waals surface area contributed by atoms with E-state index in [0.29, 0.717) is 0 Å². The van der Waals surface area contributed by atoms with Gasteiger partial charge in [0, 0.05) is 44.6 Å². The van der Waals surface area contributed by atoms with Crippen LogP contribution < -0.4 is 9.80 Å². The van der Waals surface area contributed by atoms with Gasteiger partial charge in [-0.1, -0.05) is 175 Å². The van der Waals surface area contributed by atoms with Gasteiger partial charge in [-0.3, -0.25) is 0 Å². The highest BCUT2D eigenvalue weighted by Crippen LogP contribution is 2.45. The quantitative estimate of drug-likeness (QED) is 0.152. The maximum absolute atomic E-state index is 6.81. The topological polar surface area (TPSA) is 19.6 Å². The molecule has 0 radical (unpaired) electrons. The number of fused-ring (bicyclic) bond motifs is 5. The summed E-state index contributed by atoms with van der Waals surface area (Å²) < 4.78 is 6.81. The molecule has 0 spiro atoms. The third-order valence-corrected chi connectivity index (χ3v) is 13.3. The molecular formula is C64H54N2O. The minimum absolute atomic E-state index is 0.0440. The highest BCUT2D eigenvalue weighted by molar-refractivity contribution is 6.14. The van der Waals surface area contributed by atoms with E-state index in [0.717, 1.165) is 66.8 Å². The summed E-state index contributed by atoms with van der Waals surface area (Å²) in [5.41, 5.74) is 15.8. The lowest BCUT2D eigenvalue weighted by Gasteiger charge is -2.29. The molecule has 0 atom stereocenters. The Hall–Kier alpha value is -7.88. The smallest absolute Gasteiger partial charge is 0.136 e. The second kappa shape index (κ2) is 16.5. The molecule has 0 unspecified atom stereocenters. The van der Waals surface area contributed by atoms with Gasteiger partial charge in [0.1, 0.15) is 11.2 Å². The molecule has 0 amide bonds. The summed E-state index contributed by atoms with van der Waals surface area (Å²) in [6.45, 7) is 13.6. The molecule has 0 aliphatic rings. The van der Waals surface area contributed by atoms with Crippen LogP contribution in [0.4, 0.5) is 34.1 Å². The molecule has 3 nitrogen and oxygen atoms in total. The summed E-state index contributed by atoms with van der Waals surface area (Å²) in [6.07, 6.45) is 0. The van der Waals surface area contributed by atoms with E-state index in [-0.39, 0.29) is 10.8 Å². The minimum atomic E-state index is 0.0440. The van der Waals surface area contributed by atoms with Crippen molar-refractivity contribution in [3.8, 4) is 22.3 Å². The molecular weight excluding hydrogens is 813 g/mol. The van der Waals surface area contributed by atoms with E-state index in [1.807, 2.05) is 0 Å². The highest BCUT2D eigenvalue weighted by Gasteiger charge is 2.22. The van der Waals surface area contributed by atoms with Crippen LogP contribution >= 0.6 is 0 Å². The molecule has 0 bridgehead atoms. The van der Waals surface area contributed by atoms with Crippen LogP contribution in [-0.2, 0) is 10.8 Å².